The van der Waals surface area contributed by atoms with Crippen LogP contribution in [0.5, 0.6) is 0 Å². The predicted molar refractivity (Wildman–Crippen MR) is 198 cm³/mol. The molecule has 5 aliphatic carbocycles. The van der Waals surface area contributed by atoms with Crippen LogP contribution in [0.25, 0.3) is 0 Å². The second-order valence-electron chi connectivity index (χ2n) is 19.6. The molecule has 0 bridgehead atoms. The zero-order valence-electron chi connectivity index (χ0n) is 32.2. The number of hydrogen-bond donors (Lipinski definition) is 0. The van der Waals surface area contributed by atoms with Gasteiger partial charge in [0.25, 0.3) is 0 Å². The fourth-order valence-electron chi connectivity index (χ4n) is 13.3. The predicted octanol–water partition coefficient (Wildman–Crippen LogP) is 13.9. The Balaban J connectivity index is 1.51. The molecule has 0 aromatic rings. The monoisotopic (exact) mass is 621 g/mol. The molecule has 15 atom stereocenters. The molecule has 0 aromatic heterocycles. The number of hydrogen-bond acceptors (Lipinski definition) is 0. The summed E-state index contributed by atoms with van der Waals surface area (Å²) in [7, 11) is 0. The molecule has 0 saturated heterocycles. The second-order valence-corrected chi connectivity index (χ2v) is 19.6. The topological polar surface area (TPSA) is 0 Å². The van der Waals surface area contributed by atoms with Crippen LogP contribution in [0.15, 0.2) is 11.6 Å². The molecule has 4 saturated carbocycles. The minimum atomic E-state index is 0.798. The van der Waals surface area contributed by atoms with Crippen molar-refractivity contribution in [2.24, 2.45) is 101 Å². The van der Waals surface area contributed by atoms with Crippen molar-refractivity contribution in [3.05, 3.63) is 11.6 Å². The quantitative estimate of drug-likeness (QED) is 0.269. The van der Waals surface area contributed by atoms with Crippen molar-refractivity contribution in [3.63, 3.8) is 0 Å². The van der Waals surface area contributed by atoms with Crippen LogP contribution in [-0.4, -0.2) is 0 Å². The first kappa shape index (κ1) is 36.0. The van der Waals surface area contributed by atoms with E-state index in [1.54, 1.807) is 12.0 Å². The van der Waals surface area contributed by atoms with E-state index < -0.39 is 0 Å². The van der Waals surface area contributed by atoms with Gasteiger partial charge >= 0.3 is 0 Å². The van der Waals surface area contributed by atoms with Crippen molar-refractivity contribution >= 4 is 0 Å². The lowest BCUT2D eigenvalue weighted by Gasteiger charge is -2.50. The van der Waals surface area contributed by atoms with Gasteiger partial charge in [0.2, 0.25) is 0 Å². The Morgan fingerprint density at radius 1 is 0.489 bits per heavy atom. The van der Waals surface area contributed by atoms with Gasteiger partial charge in [-0.15, -0.1) is 0 Å². The minimum absolute atomic E-state index is 0.798. The van der Waals surface area contributed by atoms with Crippen molar-refractivity contribution in [1.29, 1.82) is 0 Å². The lowest BCUT2D eigenvalue weighted by Crippen LogP contribution is -2.42. The highest BCUT2D eigenvalue weighted by Gasteiger charge is 2.45. The molecular formula is C45H80. The maximum atomic E-state index is 2.84. The third-order valence-corrected chi connectivity index (χ3v) is 16.6. The standard InChI is InChI=1S/C45H80/c1-11-37-26-33(7)41-19-14-29(3)22-40(41)27-39(38-17-12-28(2)13-18-38)25-32(6)34(8)35(9)42-20-15-30(4)23-44(42)36(10)43-21-16-31(5)24-45(37)43/h23,28-29,31-45H,11-22,24-27H2,1-10H3. The summed E-state index contributed by atoms with van der Waals surface area (Å²) in [5.41, 5.74) is 1.70. The Bertz CT molecular complexity index is 920. The van der Waals surface area contributed by atoms with Crippen LogP contribution in [0.4, 0.5) is 0 Å². The van der Waals surface area contributed by atoms with Gasteiger partial charge in [-0.2, -0.15) is 0 Å². The van der Waals surface area contributed by atoms with E-state index in [-0.39, 0.29) is 0 Å². The fraction of sp³-hybridized carbons (Fsp3) is 0.956. The highest BCUT2D eigenvalue weighted by molar-refractivity contribution is 5.10. The van der Waals surface area contributed by atoms with Crippen LogP contribution in [0, 0.1) is 101 Å². The largest absolute Gasteiger partial charge is 0.0819 e. The first-order valence-electron chi connectivity index (χ1n) is 21.1. The fourth-order valence-corrected chi connectivity index (χ4v) is 13.3. The molecule has 0 heterocycles. The van der Waals surface area contributed by atoms with Crippen LogP contribution < -0.4 is 0 Å². The Hall–Kier alpha value is -0.260. The van der Waals surface area contributed by atoms with E-state index in [2.05, 4.69) is 75.3 Å². The maximum Gasteiger partial charge on any atom is -0.0171 e. The molecule has 5 aliphatic rings. The molecular weight excluding hydrogens is 540 g/mol. The molecule has 0 nitrogen and oxygen atoms in total. The molecule has 0 heteroatoms. The van der Waals surface area contributed by atoms with E-state index in [1.165, 1.54) is 96.3 Å². The van der Waals surface area contributed by atoms with Gasteiger partial charge in [0.05, 0.1) is 0 Å². The summed E-state index contributed by atoms with van der Waals surface area (Å²) in [6, 6.07) is 0. The first-order chi connectivity index (χ1) is 21.5. The van der Waals surface area contributed by atoms with Gasteiger partial charge in [-0.1, -0.05) is 106 Å². The smallest absolute Gasteiger partial charge is 0.0171 e. The molecule has 4 fully saturated rings. The maximum absolute atomic E-state index is 2.84. The van der Waals surface area contributed by atoms with Crippen molar-refractivity contribution < 1.29 is 0 Å². The Morgan fingerprint density at radius 2 is 1.13 bits per heavy atom. The van der Waals surface area contributed by atoms with Gasteiger partial charge < -0.3 is 0 Å². The van der Waals surface area contributed by atoms with Gasteiger partial charge in [-0.25, -0.2) is 0 Å². The summed E-state index contributed by atoms with van der Waals surface area (Å²) in [6.45, 7) is 26.4. The van der Waals surface area contributed by atoms with Crippen molar-refractivity contribution in [3.8, 4) is 0 Å². The summed E-state index contributed by atoms with van der Waals surface area (Å²) in [4.78, 5) is 0. The van der Waals surface area contributed by atoms with Gasteiger partial charge in [0.1, 0.15) is 0 Å². The Labute approximate surface area is 283 Å². The van der Waals surface area contributed by atoms with E-state index in [9.17, 15) is 0 Å². The summed E-state index contributed by atoms with van der Waals surface area (Å²) < 4.78 is 0. The molecule has 15 unspecified atom stereocenters. The molecule has 45 heavy (non-hydrogen) atoms. The summed E-state index contributed by atoms with van der Waals surface area (Å²) in [6.07, 6.45) is 26.7. The van der Waals surface area contributed by atoms with Crippen molar-refractivity contribution in [1.82, 2.24) is 0 Å². The van der Waals surface area contributed by atoms with Crippen LogP contribution >= 0.6 is 0 Å². The zero-order chi connectivity index (χ0) is 32.4. The van der Waals surface area contributed by atoms with Crippen molar-refractivity contribution in [2.75, 3.05) is 0 Å². The number of rotatable bonds is 2. The van der Waals surface area contributed by atoms with Crippen LogP contribution in [-0.2, 0) is 0 Å². The molecule has 0 radical (unpaired) electrons. The third-order valence-electron chi connectivity index (χ3n) is 16.6. The Morgan fingerprint density at radius 3 is 1.82 bits per heavy atom. The average Bonchev–Trinajstić information content (AvgIpc) is 3.02. The molecule has 5 rings (SSSR count). The first-order valence-corrected chi connectivity index (χ1v) is 21.1. The summed E-state index contributed by atoms with van der Waals surface area (Å²) in [5.74, 6) is 15.5. The number of allylic oxidation sites excluding steroid dienone is 2. The van der Waals surface area contributed by atoms with Crippen molar-refractivity contribution in [2.45, 2.75) is 172 Å². The molecule has 0 amide bonds. The van der Waals surface area contributed by atoms with E-state index in [4.69, 9.17) is 0 Å². The van der Waals surface area contributed by atoms with E-state index in [0.29, 0.717) is 0 Å². The van der Waals surface area contributed by atoms with E-state index >= 15 is 0 Å². The summed E-state index contributed by atoms with van der Waals surface area (Å²) in [5, 5.41) is 0. The van der Waals surface area contributed by atoms with E-state index in [1.807, 2.05) is 0 Å². The van der Waals surface area contributed by atoms with Gasteiger partial charge in [0.15, 0.2) is 0 Å². The lowest BCUT2D eigenvalue weighted by molar-refractivity contribution is 0.0112. The number of fused-ring (bicyclic) bond motifs is 3. The van der Waals surface area contributed by atoms with Gasteiger partial charge in [-0.05, 0) is 178 Å². The molecule has 0 N–H and O–H groups in total. The zero-order valence-corrected chi connectivity index (χ0v) is 32.2. The molecule has 0 spiro atoms. The Kier molecular flexibility index (Phi) is 12.8. The molecule has 0 aliphatic heterocycles. The minimum Gasteiger partial charge on any atom is -0.0819 e. The van der Waals surface area contributed by atoms with Crippen LogP contribution in [0.2, 0.25) is 0 Å². The highest BCUT2D eigenvalue weighted by atomic mass is 14.5. The van der Waals surface area contributed by atoms with Gasteiger partial charge in [-0.3, -0.25) is 0 Å². The molecule has 260 valence electrons. The average molecular weight is 621 g/mol. The molecule has 0 aromatic carbocycles. The lowest BCUT2D eigenvalue weighted by atomic mass is 9.55. The van der Waals surface area contributed by atoms with Crippen LogP contribution in [0.3, 0.4) is 0 Å². The SMILES string of the molecule is CCC1CC(C)C2CCC(C)CC2CC(C2CCC(C)CC2)CC(C)C(C)C(C)C2CCC(C)=CC2C(C)C2CCC(C)CC12. The van der Waals surface area contributed by atoms with Crippen LogP contribution in [0.1, 0.15) is 172 Å². The normalized spacial score (nSPS) is 50.9. The third kappa shape index (κ3) is 8.49. The second kappa shape index (κ2) is 16.0. The highest BCUT2D eigenvalue weighted by Crippen LogP contribution is 2.54. The summed E-state index contributed by atoms with van der Waals surface area (Å²) >= 11 is 0. The van der Waals surface area contributed by atoms with Gasteiger partial charge in [0, 0.05) is 0 Å². The van der Waals surface area contributed by atoms with E-state index in [0.717, 1.165) is 101 Å².